The molecule has 2 nitrogen and oxygen atoms in total. The Balaban J connectivity index is 2.06. The fourth-order valence-corrected chi connectivity index (χ4v) is 2.11. The SMILES string of the molecule is COC(C)C(O)c1ccc(C2CCC2)cc1. The number of aliphatic hydroxyl groups excluding tert-OH is 1. The Bertz CT molecular complexity index is 327. The van der Waals surface area contributed by atoms with E-state index in [1.807, 2.05) is 19.1 Å². The molecule has 1 saturated carbocycles. The minimum atomic E-state index is -0.527. The Kier molecular flexibility index (Phi) is 3.62. The Morgan fingerprint density at radius 2 is 1.88 bits per heavy atom. The molecule has 0 radical (unpaired) electrons. The van der Waals surface area contributed by atoms with Crippen LogP contribution in [-0.4, -0.2) is 18.3 Å². The molecule has 16 heavy (non-hydrogen) atoms. The van der Waals surface area contributed by atoms with Gasteiger partial charge in [0.15, 0.2) is 0 Å². The van der Waals surface area contributed by atoms with Gasteiger partial charge in [-0.3, -0.25) is 0 Å². The van der Waals surface area contributed by atoms with Crippen molar-refractivity contribution in [1.82, 2.24) is 0 Å². The van der Waals surface area contributed by atoms with Crippen LogP contribution in [0.3, 0.4) is 0 Å². The van der Waals surface area contributed by atoms with Crippen molar-refractivity contribution in [2.45, 2.75) is 44.3 Å². The van der Waals surface area contributed by atoms with Gasteiger partial charge in [0, 0.05) is 7.11 Å². The molecule has 1 aromatic rings. The van der Waals surface area contributed by atoms with Gasteiger partial charge in [-0.05, 0) is 36.8 Å². The lowest BCUT2D eigenvalue weighted by atomic mass is 9.80. The van der Waals surface area contributed by atoms with Gasteiger partial charge in [-0.15, -0.1) is 0 Å². The van der Waals surface area contributed by atoms with Crippen molar-refractivity contribution in [3.05, 3.63) is 35.4 Å². The first-order valence-electron chi connectivity index (χ1n) is 6.03. The van der Waals surface area contributed by atoms with Gasteiger partial charge in [0.2, 0.25) is 0 Å². The summed E-state index contributed by atoms with van der Waals surface area (Å²) in [6, 6.07) is 8.33. The highest BCUT2D eigenvalue weighted by Crippen LogP contribution is 2.36. The monoisotopic (exact) mass is 220 g/mol. The molecular weight excluding hydrogens is 200 g/mol. The van der Waals surface area contributed by atoms with Crippen LogP contribution in [0.15, 0.2) is 24.3 Å². The van der Waals surface area contributed by atoms with Crippen LogP contribution in [0.1, 0.15) is 49.3 Å². The highest BCUT2D eigenvalue weighted by Gasteiger charge is 2.20. The molecule has 0 bridgehead atoms. The summed E-state index contributed by atoms with van der Waals surface area (Å²) in [6.07, 6.45) is 3.30. The van der Waals surface area contributed by atoms with E-state index in [0.29, 0.717) is 0 Å². The van der Waals surface area contributed by atoms with Crippen LogP contribution in [0.4, 0.5) is 0 Å². The van der Waals surface area contributed by atoms with E-state index in [1.165, 1.54) is 24.8 Å². The normalized spacial score (nSPS) is 20.2. The number of hydrogen-bond donors (Lipinski definition) is 1. The molecule has 2 unspecified atom stereocenters. The fourth-order valence-electron chi connectivity index (χ4n) is 2.11. The predicted molar refractivity (Wildman–Crippen MR) is 64.5 cm³/mol. The molecule has 88 valence electrons. The lowest BCUT2D eigenvalue weighted by molar-refractivity contribution is -0.00143. The third kappa shape index (κ3) is 2.28. The highest BCUT2D eigenvalue weighted by atomic mass is 16.5. The van der Waals surface area contributed by atoms with Crippen LogP contribution in [0, 0.1) is 0 Å². The summed E-state index contributed by atoms with van der Waals surface area (Å²) in [4.78, 5) is 0. The maximum absolute atomic E-state index is 9.96. The molecular formula is C14H20O2. The summed E-state index contributed by atoms with van der Waals surface area (Å²) in [5.74, 6) is 0.756. The molecule has 0 spiro atoms. The summed E-state index contributed by atoms with van der Waals surface area (Å²) in [5.41, 5.74) is 2.35. The standard InChI is InChI=1S/C14H20O2/c1-10(16-2)14(15)13-8-6-12(7-9-13)11-4-3-5-11/h6-11,14-15H,3-5H2,1-2H3. The van der Waals surface area contributed by atoms with Crippen molar-refractivity contribution in [3.63, 3.8) is 0 Å². The minimum Gasteiger partial charge on any atom is -0.386 e. The first-order chi connectivity index (χ1) is 7.72. The Morgan fingerprint density at radius 3 is 2.31 bits per heavy atom. The second-order valence-electron chi connectivity index (χ2n) is 4.68. The first-order valence-corrected chi connectivity index (χ1v) is 6.03. The Hall–Kier alpha value is -0.860. The smallest absolute Gasteiger partial charge is 0.105 e. The zero-order valence-corrected chi connectivity index (χ0v) is 10.0. The molecule has 1 aliphatic rings. The van der Waals surface area contributed by atoms with Gasteiger partial charge in [0.05, 0.1) is 6.10 Å². The molecule has 1 aliphatic carbocycles. The third-order valence-electron chi connectivity index (χ3n) is 3.67. The van der Waals surface area contributed by atoms with Gasteiger partial charge in [-0.25, -0.2) is 0 Å². The van der Waals surface area contributed by atoms with Crippen LogP contribution in [0.5, 0.6) is 0 Å². The maximum atomic E-state index is 9.96. The van der Waals surface area contributed by atoms with Gasteiger partial charge in [0.1, 0.15) is 6.10 Å². The molecule has 2 atom stereocenters. The van der Waals surface area contributed by atoms with E-state index in [-0.39, 0.29) is 6.10 Å². The lowest BCUT2D eigenvalue weighted by Crippen LogP contribution is -2.17. The zero-order chi connectivity index (χ0) is 11.5. The maximum Gasteiger partial charge on any atom is 0.105 e. The van der Waals surface area contributed by atoms with Crippen molar-refractivity contribution in [2.24, 2.45) is 0 Å². The molecule has 0 amide bonds. The van der Waals surface area contributed by atoms with Gasteiger partial charge >= 0.3 is 0 Å². The summed E-state index contributed by atoms with van der Waals surface area (Å²) in [7, 11) is 1.62. The minimum absolute atomic E-state index is 0.158. The van der Waals surface area contributed by atoms with Crippen molar-refractivity contribution in [3.8, 4) is 0 Å². The summed E-state index contributed by atoms with van der Waals surface area (Å²) >= 11 is 0. The largest absolute Gasteiger partial charge is 0.386 e. The van der Waals surface area contributed by atoms with E-state index >= 15 is 0 Å². The van der Waals surface area contributed by atoms with Crippen LogP contribution < -0.4 is 0 Å². The third-order valence-corrected chi connectivity index (χ3v) is 3.67. The molecule has 0 heterocycles. The summed E-state index contributed by atoms with van der Waals surface area (Å²) < 4.78 is 5.13. The zero-order valence-electron chi connectivity index (χ0n) is 10.0. The van der Waals surface area contributed by atoms with Gasteiger partial charge < -0.3 is 9.84 Å². The number of methoxy groups -OCH3 is 1. The van der Waals surface area contributed by atoms with Gasteiger partial charge in [0.25, 0.3) is 0 Å². The van der Waals surface area contributed by atoms with E-state index in [0.717, 1.165) is 11.5 Å². The predicted octanol–water partition coefficient (Wildman–Crippen LogP) is 3.02. The molecule has 1 N–H and O–H groups in total. The van der Waals surface area contributed by atoms with Crippen molar-refractivity contribution < 1.29 is 9.84 Å². The molecule has 1 fully saturated rings. The molecule has 2 rings (SSSR count). The Morgan fingerprint density at radius 1 is 1.25 bits per heavy atom. The van der Waals surface area contributed by atoms with Crippen LogP contribution >= 0.6 is 0 Å². The molecule has 1 aromatic carbocycles. The highest BCUT2D eigenvalue weighted by molar-refractivity contribution is 5.28. The van der Waals surface area contributed by atoms with E-state index in [1.54, 1.807) is 7.11 Å². The molecule has 0 saturated heterocycles. The average Bonchev–Trinajstić information content (AvgIpc) is 2.26. The van der Waals surface area contributed by atoms with Gasteiger partial charge in [-0.2, -0.15) is 0 Å². The Labute approximate surface area is 97.3 Å². The number of benzene rings is 1. The topological polar surface area (TPSA) is 29.5 Å². The van der Waals surface area contributed by atoms with Crippen molar-refractivity contribution in [1.29, 1.82) is 0 Å². The van der Waals surface area contributed by atoms with E-state index in [2.05, 4.69) is 12.1 Å². The summed E-state index contributed by atoms with van der Waals surface area (Å²) in [5, 5.41) is 9.96. The molecule has 2 heteroatoms. The van der Waals surface area contributed by atoms with E-state index in [9.17, 15) is 5.11 Å². The van der Waals surface area contributed by atoms with E-state index < -0.39 is 6.10 Å². The first kappa shape index (κ1) is 11.6. The van der Waals surface area contributed by atoms with Crippen molar-refractivity contribution in [2.75, 3.05) is 7.11 Å². The van der Waals surface area contributed by atoms with Crippen molar-refractivity contribution >= 4 is 0 Å². The lowest BCUT2D eigenvalue weighted by Gasteiger charge is -2.26. The second-order valence-corrected chi connectivity index (χ2v) is 4.68. The molecule has 0 aromatic heterocycles. The number of aliphatic hydroxyl groups is 1. The quantitative estimate of drug-likeness (QED) is 0.845. The number of ether oxygens (including phenoxy) is 1. The van der Waals surface area contributed by atoms with Gasteiger partial charge in [-0.1, -0.05) is 30.7 Å². The van der Waals surface area contributed by atoms with E-state index in [4.69, 9.17) is 4.74 Å². The second kappa shape index (κ2) is 4.98. The van der Waals surface area contributed by atoms with Crippen LogP contribution in [-0.2, 0) is 4.74 Å². The fraction of sp³-hybridized carbons (Fsp3) is 0.571. The van der Waals surface area contributed by atoms with Crippen LogP contribution in [0.25, 0.3) is 0 Å². The number of rotatable bonds is 4. The molecule has 0 aliphatic heterocycles. The van der Waals surface area contributed by atoms with Crippen LogP contribution in [0.2, 0.25) is 0 Å². The number of hydrogen-bond acceptors (Lipinski definition) is 2. The average molecular weight is 220 g/mol. The summed E-state index contributed by atoms with van der Waals surface area (Å²) in [6.45, 7) is 1.88.